The molecule has 3 nitrogen and oxygen atoms in total. The van der Waals surface area contributed by atoms with Crippen molar-refractivity contribution in [2.45, 2.75) is 57.2 Å². The third-order valence-corrected chi connectivity index (χ3v) is 6.29. The Balaban J connectivity index is 1.45. The van der Waals surface area contributed by atoms with E-state index in [-0.39, 0.29) is 5.92 Å². The Morgan fingerprint density at radius 1 is 1.00 bits per heavy atom. The maximum atomic E-state index is 13.0. The molecule has 2 bridgehead atoms. The quantitative estimate of drug-likeness (QED) is 0.790. The molecule has 3 heteroatoms. The highest BCUT2D eigenvalue weighted by Crippen LogP contribution is 2.38. The van der Waals surface area contributed by atoms with Crippen LogP contribution in [-0.2, 0) is 17.8 Å². The van der Waals surface area contributed by atoms with Crippen molar-refractivity contribution in [3.8, 4) is 6.07 Å². The fourth-order valence-electron chi connectivity index (χ4n) is 4.91. The maximum Gasteiger partial charge on any atom is 0.140 e. The second-order valence-electron chi connectivity index (χ2n) is 7.98. The lowest BCUT2D eigenvalue weighted by Crippen LogP contribution is -2.52. The van der Waals surface area contributed by atoms with E-state index in [1.807, 2.05) is 18.2 Å². The average molecular weight is 358 g/mol. The van der Waals surface area contributed by atoms with Gasteiger partial charge in [-0.15, -0.1) is 0 Å². The number of nitriles is 1. The third-order valence-electron chi connectivity index (χ3n) is 6.29. The fourth-order valence-corrected chi connectivity index (χ4v) is 4.91. The van der Waals surface area contributed by atoms with Gasteiger partial charge in [0, 0.05) is 31.0 Å². The number of piperidine rings is 2. The van der Waals surface area contributed by atoms with E-state index in [1.54, 1.807) is 6.07 Å². The first-order chi connectivity index (χ1) is 13.2. The number of carbonyl (C=O) groups excluding carboxylic acids is 1. The van der Waals surface area contributed by atoms with Gasteiger partial charge in [-0.2, -0.15) is 5.26 Å². The number of Topliss-reactive ketones (excluding diaryl/α,β-unsaturated/α-hetero) is 1. The molecule has 0 N–H and O–H groups in total. The number of fused-ring (bicyclic) bond motifs is 2. The first kappa shape index (κ1) is 17.9. The predicted octanol–water partition coefficient (Wildman–Crippen LogP) is 4.50. The molecule has 0 radical (unpaired) electrons. The Labute approximate surface area is 161 Å². The van der Waals surface area contributed by atoms with Gasteiger partial charge in [0.05, 0.1) is 11.6 Å². The van der Waals surface area contributed by atoms with Crippen LogP contribution >= 0.6 is 0 Å². The molecule has 2 heterocycles. The average Bonchev–Trinajstić information content (AvgIpc) is 2.69. The molecule has 2 aliphatic heterocycles. The van der Waals surface area contributed by atoms with Crippen LogP contribution in [0.25, 0.3) is 0 Å². The number of hydrogen-bond acceptors (Lipinski definition) is 3. The summed E-state index contributed by atoms with van der Waals surface area (Å²) in [6, 6.07) is 21.4. The van der Waals surface area contributed by atoms with Gasteiger partial charge in [0.2, 0.25) is 0 Å². The van der Waals surface area contributed by atoms with Crippen molar-refractivity contribution in [1.82, 2.24) is 4.90 Å². The van der Waals surface area contributed by atoms with E-state index in [4.69, 9.17) is 0 Å². The van der Waals surface area contributed by atoms with E-state index >= 15 is 0 Å². The van der Waals surface area contributed by atoms with Crippen LogP contribution in [0.4, 0.5) is 0 Å². The molecule has 0 aliphatic carbocycles. The van der Waals surface area contributed by atoms with Crippen LogP contribution in [0.15, 0.2) is 54.6 Å². The third kappa shape index (κ3) is 3.96. The Morgan fingerprint density at radius 2 is 1.67 bits per heavy atom. The molecule has 2 aromatic rings. The zero-order chi connectivity index (χ0) is 18.6. The van der Waals surface area contributed by atoms with Crippen molar-refractivity contribution in [2.75, 3.05) is 0 Å². The summed E-state index contributed by atoms with van der Waals surface area (Å²) in [4.78, 5) is 15.6. The van der Waals surface area contributed by atoms with Crippen molar-refractivity contribution in [1.29, 1.82) is 5.26 Å². The summed E-state index contributed by atoms with van der Waals surface area (Å²) in [5.74, 6) is 0.452. The van der Waals surface area contributed by atoms with E-state index in [1.165, 1.54) is 24.8 Å². The van der Waals surface area contributed by atoms with Gasteiger partial charge in [0.1, 0.15) is 5.78 Å². The van der Waals surface area contributed by atoms with E-state index in [9.17, 15) is 10.1 Å². The van der Waals surface area contributed by atoms with Gasteiger partial charge in [0.25, 0.3) is 0 Å². The summed E-state index contributed by atoms with van der Waals surface area (Å²) in [7, 11) is 0. The standard InChI is InChI=1S/C24H26N2O/c25-16-20-10-5-4-9-19(20)15-24(27)21-13-22-11-6-12-23(14-21)26(22)17-18-7-2-1-3-8-18/h1-5,7-10,21-23H,6,11-15,17H2. The molecule has 2 aliphatic rings. The molecule has 2 aromatic carbocycles. The summed E-state index contributed by atoms with van der Waals surface area (Å²) in [6.45, 7) is 0.994. The van der Waals surface area contributed by atoms with E-state index in [0.717, 1.165) is 24.9 Å². The zero-order valence-corrected chi connectivity index (χ0v) is 15.7. The molecular weight excluding hydrogens is 332 g/mol. The van der Waals surface area contributed by atoms with Gasteiger partial charge in [-0.1, -0.05) is 55.0 Å². The molecule has 138 valence electrons. The van der Waals surface area contributed by atoms with Crippen molar-refractivity contribution in [3.05, 3.63) is 71.3 Å². The highest BCUT2D eigenvalue weighted by molar-refractivity contribution is 5.84. The van der Waals surface area contributed by atoms with Crippen LogP contribution in [0.5, 0.6) is 0 Å². The highest BCUT2D eigenvalue weighted by Gasteiger charge is 2.40. The van der Waals surface area contributed by atoms with E-state index < -0.39 is 0 Å². The lowest BCUT2D eigenvalue weighted by Gasteiger charge is -2.48. The minimum Gasteiger partial charge on any atom is -0.299 e. The Kier molecular flexibility index (Phi) is 5.36. The van der Waals surface area contributed by atoms with Crippen molar-refractivity contribution >= 4 is 5.78 Å². The van der Waals surface area contributed by atoms with Crippen LogP contribution in [-0.4, -0.2) is 22.8 Å². The minimum atomic E-state index is 0.138. The lowest BCUT2D eigenvalue weighted by atomic mass is 9.75. The number of carbonyl (C=O) groups is 1. The first-order valence-electron chi connectivity index (χ1n) is 10.0. The number of hydrogen-bond donors (Lipinski definition) is 0. The Hall–Kier alpha value is -2.44. The molecule has 2 atom stereocenters. The second kappa shape index (κ2) is 8.06. The van der Waals surface area contributed by atoms with Crippen LogP contribution in [0.2, 0.25) is 0 Å². The van der Waals surface area contributed by atoms with Gasteiger partial charge in [-0.3, -0.25) is 9.69 Å². The van der Waals surface area contributed by atoms with E-state index in [2.05, 4.69) is 41.3 Å². The molecule has 27 heavy (non-hydrogen) atoms. The Morgan fingerprint density at radius 3 is 2.37 bits per heavy atom. The molecule has 4 rings (SSSR count). The number of rotatable bonds is 5. The molecule has 2 unspecified atom stereocenters. The summed E-state index contributed by atoms with van der Waals surface area (Å²) >= 11 is 0. The van der Waals surface area contributed by atoms with Crippen molar-refractivity contribution in [2.24, 2.45) is 5.92 Å². The van der Waals surface area contributed by atoms with Crippen molar-refractivity contribution in [3.63, 3.8) is 0 Å². The minimum absolute atomic E-state index is 0.138. The zero-order valence-electron chi connectivity index (χ0n) is 15.7. The lowest BCUT2D eigenvalue weighted by molar-refractivity contribution is -0.126. The summed E-state index contributed by atoms with van der Waals surface area (Å²) in [6.07, 6.45) is 6.00. The summed E-state index contributed by atoms with van der Waals surface area (Å²) in [5, 5.41) is 9.28. The van der Waals surface area contributed by atoms with Gasteiger partial charge < -0.3 is 0 Å². The summed E-state index contributed by atoms with van der Waals surface area (Å²) in [5.41, 5.74) is 2.87. The summed E-state index contributed by atoms with van der Waals surface area (Å²) < 4.78 is 0. The molecule has 2 saturated heterocycles. The SMILES string of the molecule is N#Cc1ccccc1CC(=O)C1CC2CCCC(C1)N2Cc1ccccc1. The normalized spacial score (nSPS) is 24.9. The maximum absolute atomic E-state index is 13.0. The monoisotopic (exact) mass is 358 g/mol. The fraction of sp³-hybridized carbons (Fsp3) is 0.417. The highest BCUT2D eigenvalue weighted by atomic mass is 16.1. The Bertz CT molecular complexity index is 825. The van der Waals surface area contributed by atoms with Gasteiger partial charge in [-0.25, -0.2) is 0 Å². The molecule has 0 saturated carbocycles. The molecule has 0 amide bonds. The largest absolute Gasteiger partial charge is 0.299 e. The molecule has 0 aromatic heterocycles. The van der Waals surface area contributed by atoms with Crippen LogP contribution < -0.4 is 0 Å². The molecule has 0 spiro atoms. The van der Waals surface area contributed by atoms with Gasteiger partial charge >= 0.3 is 0 Å². The molecule has 2 fully saturated rings. The molecular formula is C24H26N2O. The van der Waals surface area contributed by atoms with Crippen molar-refractivity contribution < 1.29 is 4.79 Å². The second-order valence-corrected chi connectivity index (χ2v) is 7.98. The number of ketones is 1. The van der Waals surface area contributed by atoms with E-state index in [0.29, 0.717) is 29.9 Å². The topological polar surface area (TPSA) is 44.1 Å². The van der Waals surface area contributed by atoms with Crippen LogP contribution in [0, 0.1) is 17.2 Å². The van der Waals surface area contributed by atoms with Crippen LogP contribution in [0.1, 0.15) is 48.8 Å². The smallest absolute Gasteiger partial charge is 0.140 e. The predicted molar refractivity (Wildman–Crippen MR) is 106 cm³/mol. The number of benzene rings is 2. The van der Waals surface area contributed by atoms with Crippen LogP contribution in [0.3, 0.4) is 0 Å². The first-order valence-corrected chi connectivity index (χ1v) is 10.0. The number of nitrogens with zero attached hydrogens (tertiary/aromatic N) is 2. The van der Waals surface area contributed by atoms with Gasteiger partial charge in [0.15, 0.2) is 0 Å². The van der Waals surface area contributed by atoms with Gasteiger partial charge in [-0.05, 0) is 42.9 Å².